The van der Waals surface area contributed by atoms with Crippen LogP contribution in [0.25, 0.3) is 0 Å². The minimum Gasteiger partial charge on any atom is -0.368 e. The molecular formula is C17H26N4O2. The minimum atomic E-state index is -0.402. The fraction of sp³-hybridized carbons (Fsp3) is 0.529. The SMILES string of the molecule is CN(C)C(=O)CN1CCCN(C(C(N)=O)c2ccccc2)CC1. The van der Waals surface area contributed by atoms with Crippen molar-refractivity contribution in [1.29, 1.82) is 0 Å². The van der Waals surface area contributed by atoms with E-state index < -0.39 is 6.04 Å². The molecule has 126 valence electrons. The molecule has 1 aliphatic heterocycles. The van der Waals surface area contributed by atoms with Gasteiger partial charge in [0.15, 0.2) is 0 Å². The number of hydrogen-bond donors (Lipinski definition) is 1. The molecule has 0 bridgehead atoms. The van der Waals surface area contributed by atoms with E-state index in [1.54, 1.807) is 19.0 Å². The molecule has 2 rings (SSSR count). The summed E-state index contributed by atoms with van der Waals surface area (Å²) in [6.45, 7) is 3.57. The summed E-state index contributed by atoms with van der Waals surface area (Å²) in [7, 11) is 3.54. The Labute approximate surface area is 137 Å². The smallest absolute Gasteiger partial charge is 0.239 e. The van der Waals surface area contributed by atoms with Crippen molar-refractivity contribution in [2.45, 2.75) is 12.5 Å². The van der Waals surface area contributed by atoms with E-state index >= 15 is 0 Å². The van der Waals surface area contributed by atoms with Crippen LogP contribution in [0.3, 0.4) is 0 Å². The van der Waals surface area contributed by atoms with Gasteiger partial charge in [-0.2, -0.15) is 0 Å². The maximum absolute atomic E-state index is 12.0. The summed E-state index contributed by atoms with van der Waals surface area (Å²) in [5.74, 6) is -0.220. The highest BCUT2D eigenvalue weighted by atomic mass is 16.2. The van der Waals surface area contributed by atoms with Crippen LogP contribution in [0.1, 0.15) is 18.0 Å². The van der Waals surface area contributed by atoms with Crippen molar-refractivity contribution in [2.24, 2.45) is 5.73 Å². The second-order valence-electron chi connectivity index (χ2n) is 6.17. The molecule has 6 heteroatoms. The fourth-order valence-corrected chi connectivity index (χ4v) is 2.93. The van der Waals surface area contributed by atoms with Crippen LogP contribution in [-0.2, 0) is 9.59 Å². The third-order valence-corrected chi connectivity index (χ3v) is 4.23. The van der Waals surface area contributed by atoms with Gasteiger partial charge in [0, 0.05) is 33.7 Å². The maximum Gasteiger partial charge on any atom is 0.239 e. The highest BCUT2D eigenvalue weighted by Crippen LogP contribution is 2.21. The number of nitrogens with two attached hydrogens (primary N) is 1. The first-order chi connectivity index (χ1) is 11.0. The molecule has 0 radical (unpaired) electrons. The molecule has 1 aromatic rings. The van der Waals surface area contributed by atoms with Gasteiger partial charge < -0.3 is 10.6 Å². The molecule has 0 saturated carbocycles. The van der Waals surface area contributed by atoms with Crippen molar-refractivity contribution in [3.63, 3.8) is 0 Å². The number of rotatable bonds is 5. The van der Waals surface area contributed by atoms with E-state index in [4.69, 9.17) is 5.73 Å². The lowest BCUT2D eigenvalue weighted by Gasteiger charge is -2.28. The molecule has 0 aliphatic carbocycles. The number of carbonyl (C=O) groups excluding carboxylic acids is 2. The monoisotopic (exact) mass is 318 g/mol. The Morgan fingerprint density at radius 2 is 1.83 bits per heavy atom. The van der Waals surface area contributed by atoms with Gasteiger partial charge in [0.2, 0.25) is 11.8 Å². The van der Waals surface area contributed by atoms with Gasteiger partial charge in [-0.3, -0.25) is 19.4 Å². The lowest BCUT2D eigenvalue weighted by Crippen LogP contribution is -2.41. The zero-order valence-electron chi connectivity index (χ0n) is 13.9. The number of benzene rings is 1. The third kappa shape index (κ3) is 4.77. The highest BCUT2D eigenvalue weighted by Gasteiger charge is 2.28. The molecule has 1 aromatic carbocycles. The van der Waals surface area contributed by atoms with Crippen molar-refractivity contribution >= 4 is 11.8 Å². The van der Waals surface area contributed by atoms with Gasteiger partial charge in [-0.1, -0.05) is 30.3 Å². The quantitative estimate of drug-likeness (QED) is 0.848. The van der Waals surface area contributed by atoms with Crippen molar-refractivity contribution < 1.29 is 9.59 Å². The van der Waals surface area contributed by atoms with E-state index in [-0.39, 0.29) is 11.8 Å². The average molecular weight is 318 g/mol. The minimum absolute atomic E-state index is 0.105. The second-order valence-corrected chi connectivity index (χ2v) is 6.17. The number of hydrogen-bond acceptors (Lipinski definition) is 4. The van der Waals surface area contributed by atoms with Crippen LogP contribution in [0, 0.1) is 0 Å². The first kappa shape index (κ1) is 17.4. The fourth-order valence-electron chi connectivity index (χ4n) is 2.93. The molecule has 6 nitrogen and oxygen atoms in total. The predicted octanol–water partition coefficient (Wildman–Crippen LogP) is 0.309. The molecule has 0 spiro atoms. The standard InChI is InChI=1S/C17H26N4O2/c1-19(2)15(22)13-20-9-6-10-21(12-11-20)16(17(18)23)14-7-4-3-5-8-14/h3-5,7-8,16H,6,9-13H2,1-2H3,(H2,18,23). The van der Waals surface area contributed by atoms with E-state index in [2.05, 4.69) is 9.80 Å². The van der Waals surface area contributed by atoms with Crippen LogP contribution >= 0.6 is 0 Å². The molecule has 1 heterocycles. The number of nitrogens with zero attached hydrogens (tertiary/aromatic N) is 3. The summed E-state index contributed by atoms with van der Waals surface area (Å²) >= 11 is 0. The van der Waals surface area contributed by atoms with E-state index in [0.29, 0.717) is 6.54 Å². The van der Waals surface area contributed by atoms with Crippen LogP contribution < -0.4 is 5.73 Å². The van der Waals surface area contributed by atoms with Crippen molar-refractivity contribution in [2.75, 3.05) is 46.8 Å². The van der Waals surface area contributed by atoms with Gasteiger partial charge in [-0.15, -0.1) is 0 Å². The summed E-state index contributed by atoms with van der Waals surface area (Å²) in [5.41, 5.74) is 6.58. The molecule has 1 saturated heterocycles. The Bertz CT molecular complexity index is 533. The number of likely N-dealkylation sites (N-methyl/N-ethyl adjacent to an activating group) is 1. The Balaban J connectivity index is 2.03. The maximum atomic E-state index is 12.0. The number of primary amides is 1. The first-order valence-electron chi connectivity index (χ1n) is 8.00. The molecule has 23 heavy (non-hydrogen) atoms. The molecule has 1 atom stereocenters. The lowest BCUT2D eigenvalue weighted by molar-refractivity contribution is -0.130. The number of amides is 2. The van der Waals surface area contributed by atoms with Gasteiger partial charge in [0.05, 0.1) is 6.54 Å². The zero-order chi connectivity index (χ0) is 16.8. The molecule has 1 fully saturated rings. The third-order valence-electron chi connectivity index (χ3n) is 4.23. The van der Waals surface area contributed by atoms with Crippen molar-refractivity contribution in [3.8, 4) is 0 Å². The molecule has 0 aromatic heterocycles. The molecule has 2 N–H and O–H groups in total. The topological polar surface area (TPSA) is 69.9 Å². The predicted molar refractivity (Wildman–Crippen MR) is 89.7 cm³/mol. The molecular weight excluding hydrogens is 292 g/mol. The van der Waals surface area contributed by atoms with Crippen LogP contribution in [0.5, 0.6) is 0 Å². The summed E-state index contributed by atoms with van der Waals surface area (Å²) in [6.07, 6.45) is 0.914. The lowest BCUT2D eigenvalue weighted by atomic mass is 10.0. The summed E-state index contributed by atoms with van der Waals surface area (Å²) in [4.78, 5) is 29.7. The molecule has 1 unspecified atom stereocenters. The first-order valence-corrected chi connectivity index (χ1v) is 8.00. The Kier molecular flexibility index (Phi) is 6.12. The average Bonchev–Trinajstić information content (AvgIpc) is 2.74. The van der Waals surface area contributed by atoms with Crippen LogP contribution in [0.15, 0.2) is 30.3 Å². The normalized spacial score (nSPS) is 18.2. The summed E-state index contributed by atoms with van der Waals surface area (Å²) < 4.78 is 0. The summed E-state index contributed by atoms with van der Waals surface area (Å²) in [5, 5.41) is 0. The Morgan fingerprint density at radius 1 is 1.13 bits per heavy atom. The van der Waals surface area contributed by atoms with E-state index in [9.17, 15) is 9.59 Å². The molecule has 2 amide bonds. The Morgan fingerprint density at radius 3 is 2.43 bits per heavy atom. The highest BCUT2D eigenvalue weighted by molar-refractivity contribution is 5.81. The van der Waals surface area contributed by atoms with Gasteiger partial charge in [0.25, 0.3) is 0 Å². The van der Waals surface area contributed by atoms with Crippen LogP contribution in [0.4, 0.5) is 0 Å². The van der Waals surface area contributed by atoms with E-state index in [1.807, 2.05) is 30.3 Å². The Hall–Kier alpha value is -1.92. The van der Waals surface area contributed by atoms with Gasteiger partial charge >= 0.3 is 0 Å². The van der Waals surface area contributed by atoms with Gasteiger partial charge in [-0.25, -0.2) is 0 Å². The zero-order valence-corrected chi connectivity index (χ0v) is 13.9. The van der Waals surface area contributed by atoms with Crippen LogP contribution in [0.2, 0.25) is 0 Å². The number of carbonyl (C=O) groups is 2. The van der Waals surface area contributed by atoms with E-state index in [0.717, 1.165) is 38.2 Å². The van der Waals surface area contributed by atoms with Gasteiger partial charge in [0.1, 0.15) is 6.04 Å². The largest absolute Gasteiger partial charge is 0.368 e. The van der Waals surface area contributed by atoms with E-state index in [1.165, 1.54) is 0 Å². The van der Waals surface area contributed by atoms with Crippen molar-refractivity contribution in [1.82, 2.24) is 14.7 Å². The molecule has 1 aliphatic rings. The second kappa shape index (κ2) is 8.08. The van der Waals surface area contributed by atoms with Crippen LogP contribution in [-0.4, -0.2) is 73.3 Å². The van der Waals surface area contributed by atoms with Gasteiger partial charge in [-0.05, 0) is 18.5 Å². The van der Waals surface area contributed by atoms with Crippen molar-refractivity contribution in [3.05, 3.63) is 35.9 Å². The summed E-state index contributed by atoms with van der Waals surface area (Å²) in [6, 6.07) is 9.25.